The lowest BCUT2D eigenvalue weighted by Gasteiger charge is -2.07. The van der Waals surface area contributed by atoms with Crippen molar-refractivity contribution in [2.45, 2.75) is 6.92 Å². The Bertz CT molecular complexity index is 801. The number of benzene rings is 2. The molecule has 20 heavy (non-hydrogen) atoms. The number of rotatable bonds is 1. The fourth-order valence-electron chi connectivity index (χ4n) is 2.04. The van der Waals surface area contributed by atoms with Gasteiger partial charge in [0.2, 0.25) is 0 Å². The second-order valence-corrected chi connectivity index (χ2v) is 4.79. The van der Waals surface area contributed by atoms with E-state index in [2.05, 4.69) is 9.97 Å². The Balaban J connectivity index is 2.29. The van der Waals surface area contributed by atoms with E-state index in [1.807, 2.05) is 6.92 Å². The molecule has 0 aliphatic rings. The number of aromatic nitrogens is 2. The Hall–Kier alpha value is -2.07. The quantitative estimate of drug-likeness (QED) is 0.615. The minimum absolute atomic E-state index is 0.171. The molecule has 0 bridgehead atoms. The third kappa shape index (κ3) is 2.12. The molecule has 2 aromatic carbocycles. The molecule has 100 valence electrons. The molecule has 0 N–H and O–H groups in total. The summed E-state index contributed by atoms with van der Waals surface area (Å²) in [6, 6.07) is 8.62. The molecule has 0 aliphatic heterocycles. The molecule has 0 saturated heterocycles. The van der Waals surface area contributed by atoms with E-state index in [-0.39, 0.29) is 22.3 Å². The summed E-state index contributed by atoms with van der Waals surface area (Å²) in [6.07, 6.45) is 0. The predicted molar refractivity (Wildman–Crippen MR) is 74.6 cm³/mol. The maximum atomic E-state index is 13.9. The number of halogens is 3. The van der Waals surface area contributed by atoms with E-state index in [0.29, 0.717) is 10.9 Å². The van der Waals surface area contributed by atoms with Crippen LogP contribution in [0.15, 0.2) is 36.4 Å². The summed E-state index contributed by atoms with van der Waals surface area (Å²) in [5.74, 6) is -0.548. The Labute approximate surface area is 119 Å². The molecule has 0 spiro atoms. The largest absolute Gasteiger partial charge is 0.225 e. The zero-order chi connectivity index (χ0) is 14.3. The minimum atomic E-state index is -0.460. The van der Waals surface area contributed by atoms with Crippen LogP contribution in [-0.4, -0.2) is 9.97 Å². The van der Waals surface area contributed by atoms with E-state index in [9.17, 15) is 8.78 Å². The van der Waals surface area contributed by atoms with Crippen LogP contribution in [0.1, 0.15) is 5.56 Å². The zero-order valence-electron chi connectivity index (χ0n) is 10.5. The molecule has 5 heteroatoms. The molecule has 0 atom stereocenters. The van der Waals surface area contributed by atoms with Gasteiger partial charge in [0.25, 0.3) is 0 Å². The molecular weight excluding hydrogens is 282 g/mol. The minimum Gasteiger partial charge on any atom is -0.225 e. The highest BCUT2D eigenvalue weighted by atomic mass is 35.5. The topological polar surface area (TPSA) is 25.8 Å². The van der Waals surface area contributed by atoms with Crippen LogP contribution in [-0.2, 0) is 0 Å². The molecule has 0 amide bonds. The van der Waals surface area contributed by atoms with Gasteiger partial charge >= 0.3 is 0 Å². The van der Waals surface area contributed by atoms with Crippen molar-refractivity contribution in [3.63, 3.8) is 0 Å². The van der Waals surface area contributed by atoms with Crippen molar-refractivity contribution >= 4 is 22.5 Å². The van der Waals surface area contributed by atoms with Gasteiger partial charge < -0.3 is 0 Å². The summed E-state index contributed by atoms with van der Waals surface area (Å²) in [5.41, 5.74) is 1.55. The first-order valence-electron chi connectivity index (χ1n) is 5.94. The predicted octanol–water partition coefficient (Wildman–Crippen LogP) is 4.54. The van der Waals surface area contributed by atoms with Crippen LogP contribution in [0.2, 0.25) is 5.15 Å². The fourth-order valence-corrected chi connectivity index (χ4v) is 2.36. The van der Waals surface area contributed by atoms with Crippen molar-refractivity contribution in [2.75, 3.05) is 0 Å². The van der Waals surface area contributed by atoms with Crippen LogP contribution < -0.4 is 0 Å². The molecule has 0 radical (unpaired) electrons. The van der Waals surface area contributed by atoms with Gasteiger partial charge in [-0.25, -0.2) is 18.7 Å². The highest BCUT2D eigenvalue weighted by molar-refractivity contribution is 6.34. The molecule has 0 aliphatic carbocycles. The second-order valence-electron chi connectivity index (χ2n) is 4.43. The van der Waals surface area contributed by atoms with Crippen LogP contribution in [0.25, 0.3) is 22.3 Å². The number of fused-ring (bicyclic) bond motifs is 1. The van der Waals surface area contributed by atoms with Gasteiger partial charge in [-0.1, -0.05) is 17.7 Å². The number of aryl methyl sites for hydroxylation is 1. The molecule has 1 aromatic heterocycles. The van der Waals surface area contributed by atoms with E-state index in [4.69, 9.17) is 11.6 Å². The normalized spacial score (nSPS) is 11.0. The van der Waals surface area contributed by atoms with Crippen molar-refractivity contribution in [2.24, 2.45) is 0 Å². The van der Waals surface area contributed by atoms with Gasteiger partial charge in [0, 0.05) is 10.9 Å². The summed E-state index contributed by atoms with van der Waals surface area (Å²) in [5, 5.41) is 0.684. The van der Waals surface area contributed by atoms with E-state index in [1.54, 1.807) is 6.07 Å². The number of nitrogens with zero attached hydrogens (tertiary/aromatic N) is 2. The first-order valence-corrected chi connectivity index (χ1v) is 6.32. The fraction of sp³-hybridized carbons (Fsp3) is 0.0667. The third-order valence-corrected chi connectivity index (χ3v) is 3.34. The van der Waals surface area contributed by atoms with Gasteiger partial charge in [-0.15, -0.1) is 0 Å². The Morgan fingerprint density at radius 2 is 1.65 bits per heavy atom. The monoisotopic (exact) mass is 290 g/mol. The molecule has 0 unspecified atom stereocenters. The smallest absolute Gasteiger partial charge is 0.161 e. The van der Waals surface area contributed by atoms with Gasteiger partial charge in [0.05, 0.1) is 0 Å². The van der Waals surface area contributed by atoms with Crippen LogP contribution in [0.4, 0.5) is 8.78 Å². The van der Waals surface area contributed by atoms with E-state index >= 15 is 0 Å². The highest BCUT2D eigenvalue weighted by Gasteiger charge is 2.13. The van der Waals surface area contributed by atoms with Gasteiger partial charge in [0.1, 0.15) is 22.3 Å². The van der Waals surface area contributed by atoms with E-state index in [1.165, 1.54) is 30.3 Å². The van der Waals surface area contributed by atoms with E-state index in [0.717, 1.165) is 5.56 Å². The Morgan fingerprint density at radius 1 is 0.950 bits per heavy atom. The maximum absolute atomic E-state index is 13.9. The van der Waals surface area contributed by atoms with Crippen LogP contribution in [0.3, 0.4) is 0 Å². The lowest BCUT2D eigenvalue weighted by Crippen LogP contribution is -1.96. The highest BCUT2D eigenvalue weighted by Crippen LogP contribution is 2.28. The van der Waals surface area contributed by atoms with Gasteiger partial charge in [-0.2, -0.15) is 0 Å². The van der Waals surface area contributed by atoms with Gasteiger partial charge in [-0.05, 0) is 42.8 Å². The molecule has 3 rings (SSSR count). The molecule has 1 heterocycles. The number of hydrogen-bond acceptors (Lipinski definition) is 2. The first kappa shape index (κ1) is 12.9. The molecular formula is C15H9ClF2N2. The summed E-state index contributed by atoms with van der Waals surface area (Å²) < 4.78 is 26.8. The van der Waals surface area contributed by atoms with Crippen molar-refractivity contribution in [3.8, 4) is 11.4 Å². The summed E-state index contributed by atoms with van der Waals surface area (Å²) in [6.45, 7) is 1.81. The van der Waals surface area contributed by atoms with Crippen LogP contribution in [0, 0.1) is 18.6 Å². The third-order valence-electron chi connectivity index (χ3n) is 3.07. The number of hydrogen-bond donors (Lipinski definition) is 0. The molecule has 3 aromatic rings. The van der Waals surface area contributed by atoms with Crippen molar-refractivity contribution in [1.82, 2.24) is 9.97 Å². The summed E-state index contributed by atoms with van der Waals surface area (Å²) in [7, 11) is 0. The zero-order valence-corrected chi connectivity index (χ0v) is 11.2. The maximum Gasteiger partial charge on any atom is 0.161 e. The average Bonchev–Trinajstić information content (AvgIpc) is 2.43. The first-order chi connectivity index (χ1) is 9.56. The van der Waals surface area contributed by atoms with Crippen molar-refractivity contribution < 1.29 is 8.78 Å². The SMILES string of the molecule is Cc1ccc(F)c2nc(-c3ccc(F)cc3)nc(Cl)c12. The lowest BCUT2D eigenvalue weighted by atomic mass is 10.1. The average molecular weight is 291 g/mol. The summed E-state index contributed by atoms with van der Waals surface area (Å²) >= 11 is 6.13. The Morgan fingerprint density at radius 3 is 2.35 bits per heavy atom. The molecule has 0 fully saturated rings. The lowest BCUT2D eigenvalue weighted by molar-refractivity contribution is 0.628. The molecule has 0 saturated carbocycles. The van der Waals surface area contributed by atoms with E-state index < -0.39 is 5.82 Å². The van der Waals surface area contributed by atoms with Crippen molar-refractivity contribution in [1.29, 1.82) is 0 Å². The van der Waals surface area contributed by atoms with Gasteiger partial charge in [-0.3, -0.25) is 0 Å². The van der Waals surface area contributed by atoms with Crippen molar-refractivity contribution in [3.05, 3.63) is 58.7 Å². The Kier molecular flexibility index (Phi) is 3.10. The molecule has 2 nitrogen and oxygen atoms in total. The second kappa shape index (κ2) is 4.80. The standard InChI is InChI=1S/C15H9ClF2N2/c1-8-2-7-11(18)13-12(8)14(16)20-15(19-13)9-3-5-10(17)6-4-9/h2-7H,1H3. The van der Waals surface area contributed by atoms with Crippen LogP contribution >= 0.6 is 11.6 Å². The van der Waals surface area contributed by atoms with Gasteiger partial charge in [0.15, 0.2) is 5.82 Å². The summed E-state index contributed by atoms with van der Waals surface area (Å²) in [4.78, 5) is 8.37. The van der Waals surface area contributed by atoms with Crippen LogP contribution in [0.5, 0.6) is 0 Å².